The maximum Gasteiger partial charge on any atom is 0.244 e. The van der Waals surface area contributed by atoms with Crippen molar-refractivity contribution in [2.75, 3.05) is 6.54 Å². The molecule has 2 rings (SSSR count). The molecule has 1 fully saturated rings. The van der Waals surface area contributed by atoms with E-state index >= 15 is 0 Å². The van der Waals surface area contributed by atoms with E-state index in [1.807, 2.05) is 13.8 Å². The van der Waals surface area contributed by atoms with Gasteiger partial charge in [-0.25, -0.2) is 8.42 Å². The van der Waals surface area contributed by atoms with Crippen molar-refractivity contribution in [2.24, 2.45) is 5.92 Å². The number of sulfonamides is 1. The van der Waals surface area contributed by atoms with Crippen molar-refractivity contribution < 1.29 is 13.5 Å². The molecule has 0 aliphatic carbocycles. The first-order chi connectivity index (χ1) is 9.78. The van der Waals surface area contributed by atoms with Crippen molar-refractivity contribution in [3.05, 3.63) is 27.7 Å². The third-order valence-electron chi connectivity index (χ3n) is 4.15. The van der Waals surface area contributed by atoms with E-state index in [0.29, 0.717) is 18.0 Å². The molecule has 2 unspecified atom stereocenters. The van der Waals surface area contributed by atoms with Crippen LogP contribution in [0.2, 0.25) is 10.0 Å². The molecule has 4 nitrogen and oxygen atoms in total. The summed E-state index contributed by atoms with van der Waals surface area (Å²) in [5.41, 5.74) is 0.320. The summed E-state index contributed by atoms with van der Waals surface area (Å²) in [5, 5.41) is 9.58. The second-order valence-corrected chi connectivity index (χ2v) is 8.18. The van der Waals surface area contributed by atoms with Crippen molar-refractivity contribution in [2.45, 2.75) is 44.2 Å². The van der Waals surface area contributed by atoms with Gasteiger partial charge in [-0.1, -0.05) is 30.1 Å². The van der Waals surface area contributed by atoms with Gasteiger partial charge in [0.1, 0.15) is 4.90 Å². The van der Waals surface area contributed by atoms with Crippen LogP contribution < -0.4 is 0 Å². The number of aliphatic hydroxyl groups is 1. The van der Waals surface area contributed by atoms with Gasteiger partial charge in [0.2, 0.25) is 10.0 Å². The van der Waals surface area contributed by atoms with E-state index in [9.17, 15) is 13.5 Å². The molecule has 1 aliphatic heterocycles. The van der Waals surface area contributed by atoms with E-state index in [4.69, 9.17) is 23.2 Å². The zero-order chi connectivity index (χ0) is 15.8. The first-order valence-corrected chi connectivity index (χ1v) is 9.09. The molecule has 0 saturated carbocycles. The van der Waals surface area contributed by atoms with E-state index in [0.717, 1.165) is 12.8 Å². The summed E-state index contributed by atoms with van der Waals surface area (Å²) in [7, 11) is -3.72. The van der Waals surface area contributed by atoms with Gasteiger partial charge in [0.25, 0.3) is 0 Å². The molecule has 0 aromatic heterocycles. The lowest BCUT2D eigenvalue weighted by atomic mass is 9.94. The zero-order valence-corrected chi connectivity index (χ0v) is 14.3. The summed E-state index contributed by atoms with van der Waals surface area (Å²) in [6.45, 7) is 4.08. The van der Waals surface area contributed by atoms with Gasteiger partial charge in [-0.15, -0.1) is 0 Å². The smallest absolute Gasteiger partial charge is 0.244 e. The van der Waals surface area contributed by atoms with E-state index in [1.165, 1.54) is 16.4 Å². The molecule has 0 amide bonds. The van der Waals surface area contributed by atoms with Gasteiger partial charge in [-0.3, -0.25) is 0 Å². The molecular weight excluding hydrogens is 333 g/mol. The second-order valence-electron chi connectivity index (χ2n) is 5.51. The topological polar surface area (TPSA) is 57.6 Å². The zero-order valence-electron chi connectivity index (χ0n) is 12.0. The Kier molecular flexibility index (Phi) is 5.21. The molecule has 21 heavy (non-hydrogen) atoms. The maximum atomic E-state index is 12.9. The molecule has 1 aliphatic rings. The van der Waals surface area contributed by atoms with Gasteiger partial charge in [0.05, 0.1) is 11.6 Å². The summed E-state index contributed by atoms with van der Waals surface area (Å²) in [5.74, 6) is 0.295. The summed E-state index contributed by atoms with van der Waals surface area (Å²) < 4.78 is 27.3. The number of halogens is 2. The fourth-order valence-electron chi connectivity index (χ4n) is 2.68. The van der Waals surface area contributed by atoms with Crippen LogP contribution in [0, 0.1) is 5.92 Å². The van der Waals surface area contributed by atoms with Crippen LogP contribution in [0.1, 0.15) is 32.3 Å². The predicted molar refractivity (Wildman–Crippen MR) is 84.1 cm³/mol. The highest BCUT2D eigenvalue weighted by Crippen LogP contribution is 2.35. The third-order valence-corrected chi connectivity index (χ3v) is 6.94. The highest BCUT2D eigenvalue weighted by Gasteiger charge is 2.36. The average Bonchev–Trinajstić information content (AvgIpc) is 2.43. The summed E-state index contributed by atoms with van der Waals surface area (Å²) in [6, 6.07) is 2.74. The lowest BCUT2D eigenvalue weighted by Crippen LogP contribution is -2.46. The fraction of sp³-hybridized carbons (Fsp3) is 0.571. The van der Waals surface area contributed by atoms with Crippen LogP contribution in [0.25, 0.3) is 0 Å². The van der Waals surface area contributed by atoms with Crippen LogP contribution in [0.3, 0.4) is 0 Å². The van der Waals surface area contributed by atoms with Crippen molar-refractivity contribution in [1.82, 2.24) is 4.31 Å². The number of rotatable bonds is 3. The Morgan fingerprint density at radius 1 is 1.33 bits per heavy atom. The molecule has 1 N–H and O–H groups in total. The van der Waals surface area contributed by atoms with Crippen molar-refractivity contribution >= 4 is 33.2 Å². The number of hydrogen-bond donors (Lipinski definition) is 1. The average molecular weight is 352 g/mol. The molecule has 0 bridgehead atoms. The summed E-state index contributed by atoms with van der Waals surface area (Å²) >= 11 is 12.1. The van der Waals surface area contributed by atoms with E-state index < -0.39 is 10.0 Å². The Labute approximate surface area is 135 Å². The van der Waals surface area contributed by atoms with E-state index in [-0.39, 0.29) is 27.6 Å². The molecular formula is C14H19Cl2NO3S. The molecule has 1 saturated heterocycles. The minimum atomic E-state index is -3.72. The van der Waals surface area contributed by atoms with Crippen molar-refractivity contribution in [3.8, 4) is 0 Å². The molecule has 1 aromatic carbocycles. The third kappa shape index (κ3) is 3.22. The van der Waals surface area contributed by atoms with Gasteiger partial charge in [0.15, 0.2) is 0 Å². The van der Waals surface area contributed by atoms with Crippen LogP contribution in [0.15, 0.2) is 17.0 Å². The first kappa shape index (κ1) is 17.0. The Morgan fingerprint density at radius 2 is 2.00 bits per heavy atom. The predicted octanol–water partition coefficient (Wildman–Crippen LogP) is 3.29. The van der Waals surface area contributed by atoms with Gasteiger partial charge in [-0.2, -0.15) is 4.31 Å². The van der Waals surface area contributed by atoms with Gasteiger partial charge in [0, 0.05) is 17.6 Å². The quantitative estimate of drug-likeness (QED) is 0.908. The van der Waals surface area contributed by atoms with Gasteiger partial charge < -0.3 is 5.11 Å². The van der Waals surface area contributed by atoms with Crippen molar-refractivity contribution in [3.63, 3.8) is 0 Å². The lowest BCUT2D eigenvalue weighted by Gasteiger charge is -2.37. The largest absolute Gasteiger partial charge is 0.392 e. The number of aliphatic hydroxyl groups excluding tert-OH is 1. The summed E-state index contributed by atoms with van der Waals surface area (Å²) in [6.07, 6.45) is 1.84. The van der Waals surface area contributed by atoms with Crippen LogP contribution in [0.5, 0.6) is 0 Å². The van der Waals surface area contributed by atoms with Gasteiger partial charge >= 0.3 is 0 Å². The minimum Gasteiger partial charge on any atom is -0.392 e. The van der Waals surface area contributed by atoms with Crippen LogP contribution >= 0.6 is 23.2 Å². The molecule has 0 spiro atoms. The van der Waals surface area contributed by atoms with E-state index in [1.54, 1.807) is 0 Å². The molecule has 1 heterocycles. The highest BCUT2D eigenvalue weighted by molar-refractivity contribution is 7.89. The maximum absolute atomic E-state index is 12.9. The van der Waals surface area contributed by atoms with Crippen molar-refractivity contribution in [1.29, 1.82) is 0 Å². The highest BCUT2D eigenvalue weighted by atomic mass is 35.5. The summed E-state index contributed by atoms with van der Waals surface area (Å²) in [4.78, 5) is -0.0262. The van der Waals surface area contributed by atoms with Crippen LogP contribution in [-0.4, -0.2) is 30.4 Å². The second kappa shape index (κ2) is 6.42. The normalized spacial score (nSPS) is 24.2. The monoisotopic (exact) mass is 351 g/mol. The minimum absolute atomic E-state index is 0.0262. The van der Waals surface area contributed by atoms with Gasteiger partial charge in [-0.05, 0) is 43.4 Å². The number of benzene rings is 1. The molecule has 2 atom stereocenters. The fourth-order valence-corrected chi connectivity index (χ4v) is 5.35. The Morgan fingerprint density at radius 3 is 2.62 bits per heavy atom. The number of hydrogen-bond acceptors (Lipinski definition) is 3. The molecule has 7 heteroatoms. The molecule has 118 valence electrons. The number of piperidine rings is 1. The standard InChI is InChI=1S/C14H19Cl2NO3S/c1-9-4-3-5-17(10(9)2)21(19,20)13-7-12(15)6-11(8-18)14(13)16/h6-7,9-10,18H,3-5,8H2,1-2H3. The number of nitrogens with zero attached hydrogens (tertiary/aromatic N) is 1. The van der Waals surface area contributed by atoms with Crippen LogP contribution in [0.4, 0.5) is 0 Å². The first-order valence-electron chi connectivity index (χ1n) is 6.89. The Balaban J connectivity index is 2.51. The van der Waals surface area contributed by atoms with Crippen LogP contribution in [-0.2, 0) is 16.6 Å². The van der Waals surface area contributed by atoms with E-state index in [2.05, 4.69) is 0 Å². The molecule has 1 aromatic rings. The SMILES string of the molecule is CC1CCCN(S(=O)(=O)c2cc(Cl)cc(CO)c2Cl)C1C. The lowest BCUT2D eigenvalue weighted by molar-refractivity contribution is 0.202. The Bertz CT molecular complexity index is 633. The molecule has 0 radical (unpaired) electrons. The Hall–Kier alpha value is -0.330.